The largest absolute Gasteiger partial charge is 0.388 e. The fourth-order valence-corrected chi connectivity index (χ4v) is 3.70. The van der Waals surface area contributed by atoms with E-state index in [1.165, 1.54) is 16.8 Å². The molecule has 0 aliphatic carbocycles. The number of carbonyl (C=O) groups is 1. The second-order valence-corrected chi connectivity index (χ2v) is 6.87. The van der Waals surface area contributed by atoms with Gasteiger partial charge >= 0.3 is 0 Å². The summed E-state index contributed by atoms with van der Waals surface area (Å²) in [5.74, 6) is 1.17. The summed E-state index contributed by atoms with van der Waals surface area (Å²) in [6.45, 7) is 0.232. The molecule has 1 saturated heterocycles. The third-order valence-corrected chi connectivity index (χ3v) is 4.90. The van der Waals surface area contributed by atoms with Crippen molar-refractivity contribution in [3.63, 3.8) is 0 Å². The number of carbonyl (C=O) groups excluding carboxylic acids is 1. The van der Waals surface area contributed by atoms with Crippen LogP contribution in [0.4, 0.5) is 4.39 Å². The van der Waals surface area contributed by atoms with Gasteiger partial charge in [0, 0.05) is 12.7 Å². The van der Waals surface area contributed by atoms with Crippen molar-refractivity contribution in [1.82, 2.24) is 15.1 Å². The van der Waals surface area contributed by atoms with Crippen LogP contribution >= 0.6 is 11.8 Å². The lowest BCUT2D eigenvalue weighted by atomic mass is 9.97. The van der Waals surface area contributed by atoms with E-state index in [-0.39, 0.29) is 24.0 Å². The topological polar surface area (TPSA) is 67.2 Å². The number of thioether (sulfide) groups is 1. The van der Waals surface area contributed by atoms with Gasteiger partial charge in [-0.05, 0) is 54.7 Å². The van der Waals surface area contributed by atoms with Gasteiger partial charge in [-0.25, -0.2) is 9.07 Å². The van der Waals surface area contributed by atoms with Crippen LogP contribution in [0.3, 0.4) is 0 Å². The first-order chi connectivity index (χ1) is 11.1. The summed E-state index contributed by atoms with van der Waals surface area (Å²) in [5.41, 5.74) is 0.122. The van der Waals surface area contributed by atoms with Crippen LogP contribution in [0.1, 0.15) is 23.3 Å². The molecule has 23 heavy (non-hydrogen) atoms. The molecule has 0 atom stereocenters. The zero-order chi connectivity index (χ0) is 16.3. The maximum absolute atomic E-state index is 12.9. The molecule has 122 valence electrons. The number of nitrogens with zero attached hydrogens (tertiary/aromatic N) is 2. The maximum Gasteiger partial charge on any atom is 0.271 e. The molecule has 0 unspecified atom stereocenters. The highest BCUT2D eigenvalue weighted by atomic mass is 32.2. The van der Waals surface area contributed by atoms with Crippen LogP contribution in [-0.2, 0) is 0 Å². The highest BCUT2D eigenvalue weighted by molar-refractivity contribution is 7.99. The van der Waals surface area contributed by atoms with E-state index in [0.717, 1.165) is 11.5 Å². The van der Waals surface area contributed by atoms with E-state index in [1.807, 2.05) is 11.8 Å². The lowest BCUT2D eigenvalue weighted by Crippen LogP contribution is -2.45. The molecule has 1 amide bonds. The number of aromatic nitrogens is 2. The van der Waals surface area contributed by atoms with Crippen molar-refractivity contribution in [2.24, 2.45) is 0 Å². The second-order valence-electron chi connectivity index (χ2n) is 5.64. The molecule has 2 heterocycles. The Balaban J connectivity index is 1.63. The standard InChI is InChI=1S/C16H18FN3O2S/c17-12-1-3-13(4-2-12)20-8-5-14(19-20)15(21)18-11-16(22)6-9-23-10-7-16/h1-5,8,22H,6-7,9-11H2,(H,18,21). The van der Waals surface area contributed by atoms with Gasteiger partial charge in [-0.15, -0.1) is 0 Å². The first-order valence-electron chi connectivity index (χ1n) is 7.46. The third-order valence-electron chi connectivity index (χ3n) is 3.91. The van der Waals surface area contributed by atoms with Gasteiger partial charge in [-0.3, -0.25) is 4.79 Å². The van der Waals surface area contributed by atoms with E-state index in [0.29, 0.717) is 18.5 Å². The summed E-state index contributed by atoms with van der Waals surface area (Å²) in [7, 11) is 0. The fourth-order valence-electron chi connectivity index (χ4n) is 2.45. The summed E-state index contributed by atoms with van der Waals surface area (Å²) in [4.78, 5) is 12.2. The monoisotopic (exact) mass is 335 g/mol. The number of aliphatic hydroxyl groups is 1. The zero-order valence-electron chi connectivity index (χ0n) is 12.5. The molecular weight excluding hydrogens is 317 g/mol. The van der Waals surface area contributed by atoms with E-state index < -0.39 is 5.60 Å². The van der Waals surface area contributed by atoms with Crippen LogP contribution in [0, 0.1) is 5.82 Å². The van der Waals surface area contributed by atoms with Gasteiger partial charge in [0.25, 0.3) is 5.91 Å². The molecule has 0 bridgehead atoms. The van der Waals surface area contributed by atoms with Gasteiger partial charge in [0.2, 0.25) is 0 Å². The molecule has 7 heteroatoms. The lowest BCUT2D eigenvalue weighted by molar-refractivity contribution is 0.0310. The maximum atomic E-state index is 12.9. The van der Waals surface area contributed by atoms with Gasteiger partial charge in [0.15, 0.2) is 5.69 Å². The molecule has 5 nitrogen and oxygen atoms in total. The lowest BCUT2D eigenvalue weighted by Gasteiger charge is -2.31. The Morgan fingerprint density at radius 2 is 2.00 bits per heavy atom. The van der Waals surface area contributed by atoms with E-state index >= 15 is 0 Å². The molecule has 2 N–H and O–H groups in total. The summed E-state index contributed by atoms with van der Waals surface area (Å²) in [6.07, 6.45) is 3.01. The molecule has 3 rings (SSSR count). The Bertz CT molecular complexity index is 681. The van der Waals surface area contributed by atoms with E-state index in [2.05, 4.69) is 10.4 Å². The number of amides is 1. The van der Waals surface area contributed by atoms with Crippen LogP contribution in [0.15, 0.2) is 36.5 Å². The molecule has 0 saturated carbocycles. The Morgan fingerprint density at radius 1 is 1.30 bits per heavy atom. The number of hydrogen-bond acceptors (Lipinski definition) is 4. The molecule has 0 spiro atoms. The van der Waals surface area contributed by atoms with Crippen LogP contribution in [0.25, 0.3) is 5.69 Å². The summed E-state index contributed by atoms with van der Waals surface area (Å²) < 4.78 is 14.4. The van der Waals surface area contributed by atoms with Crippen LogP contribution in [-0.4, -0.2) is 44.4 Å². The Hall–Kier alpha value is -1.86. The minimum absolute atomic E-state index is 0.232. The van der Waals surface area contributed by atoms with Crippen molar-refractivity contribution in [2.75, 3.05) is 18.1 Å². The predicted octanol–water partition coefficient (Wildman–Crippen LogP) is 2.00. The normalized spacial score (nSPS) is 17.0. The number of benzene rings is 1. The molecule has 1 aromatic carbocycles. The SMILES string of the molecule is O=C(NCC1(O)CCSCC1)c1ccn(-c2ccc(F)cc2)n1. The van der Waals surface area contributed by atoms with E-state index in [1.54, 1.807) is 24.4 Å². The number of nitrogens with one attached hydrogen (secondary N) is 1. The highest BCUT2D eigenvalue weighted by Crippen LogP contribution is 2.26. The summed E-state index contributed by atoms with van der Waals surface area (Å²) in [6, 6.07) is 7.46. The average Bonchev–Trinajstić information content (AvgIpc) is 3.04. The summed E-state index contributed by atoms with van der Waals surface area (Å²) >= 11 is 1.81. The number of rotatable bonds is 4. The first-order valence-corrected chi connectivity index (χ1v) is 8.61. The van der Waals surface area contributed by atoms with Crippen LogP contribution in [0.2, 0.25) is 0 Å². The van der Waals surface area contributed by atoms with Crippen molar-refractivity contribution in [3.05, 3.63) is 48.0 Å². The van der Waals surface area contributed by atoms with Gasteiger partial charge in [-0.2, -0.15) is 16.9 Å². The van der Waals surface area contributed by atoms with Crippen molar-refractivity contribution in [3.8, 4) is 5.69 Å². The fraction of sp³-hybridized carbons (Fsp3) is 0.375. The quantitative estimate of drug-likeness (QED) is 0.897. The van der Waals surface area contributed by atoms with Gasteiger partial charge < -0.3 is 10.4 Å². The molecule has 1 fully saturated rings. The Labute approximate surface area is 137 Å². The van der Waals surface area contributed by atoms with Gasteiger partial charge in [0.05, 0.1) is 11.3 Å². The second kappa shape index (κ2) is 6.72. The molecule has 0 radical (unpaired) electrons. The summed E-state index contributed by atoms with van der Waals surface area (Å²) in [5, 5.41) is 17.3. The molecule has 1 aliphatic rings. The van der Waals surface area contributed by atoms with Crippen molar-refractivity contribution in [1.29, 1.82) is 0 Å². The Morgan fingerprint density at radius 3 is 2.70 bits per heavy atom. The molecule has 1 aromatic heterocycles. The molecule has 1 aliphatic heterocycles. The number of halogens is 1. The van der Waals surface area contributed by atoms with Gasteiger partial charge in [-0.1, -0.05) is 0 Å². The van der Waals surface area contributed by atoms with E-state index in [4.69, 9.17) is 0 Å². The molecular formula is C16H18FN3O2S. The van der Waals surface area contributed by atoms with Gasteiger partial charge in [0.1, 0.15) is 5.82 Å². The predicted molar refractivity (Wildman–Crippen MR) is 87.4 cm³/mol. The smallest absolute Gasteiger partial charge is 0.271 e. The average molecular weight is 335 g/mol. The van der Waals surface area contributed by atoms with Crippen molar-refractivity contribution < 1.29 is 14.3 Å². The van der Waals surface area contributed by atoms with Crippen LogP contribution < -0.4 is 5.32 Å². The first kappa shape index (κ1) is 16.0. The van der Waals surface area contributed by atoms with Crippen molar-refractivity contribution >= 4 is 17.7 Å². The molecule has 2 aromatic rings. The Kier molecular flexibility index (Phi) is 4.68. The minimum Gasteiger partial charge on any atom is -0.388 e. The minimum atomic E-state index is -0.819. The highest BCUT2D eigenvalue weighted by Gasteiger charge is 2.30. The van der Waals surface area contributed by atoms with Crippen LogP contribution in [0.5, 0.6) is 0 Å². The third kappa shape index (κ3) is 3.92. The van der Waals surface area contributed by atoms with Crippen molar-refractivity contribution in [2.45, 2.75) is 18.4 Å². The number of hydrogen-bond donors (Lipinski definition) is 2. The van der Waals surface area contributed by atoms with E-state index in [9.17, 15) is 14.3 Å². The zero-order valence-corrected chi connectivity index (χ0v) is 13.4.